The quantitative estimate of drug-likeness (QED) is 0.432. The summed E-state index contributed by atoms with van der Waals surface area (Å²) in [6, 6.07) is 15.3. The van der Waals surface area contributed by atoms with Crippen LogP contribution in [0, 0.1) is 18.3 Å². The second-order valence-electron chi connectivity index (χ2n) is 6.89. The van der Waals surface area contributed by atoms with Gasteiger partial charge in [0.1, 0.15) is 5.75 Å². The number of unbranched alkanes of at least 4 members (excludes halogenated alkanes) is 1. The first-order chi connectivity index (χ1) is 13.7. The van der Waals surface area contributed by atoms with Gasteiger partial charge in [0, 0.05) is 16.7 Å². The number of hydrogen-bond acceptors (Lipinski definition) is 4. The summed E-state index contributed by atoms with van der Waals surface area (Å²) < 4.78 is 11.8. The first-order valence-corrected chi connectivity index (χ1v) is 9.87. The molecule has 1 aromatic heterocycles. The van der Waals surface area contributed by atoms with Gasteiger partial charge in [-0.3, -0.25) is 0 Å². The molecule has 1 unspecified atom stereocenters. The normalized spacial score (nSPS) is 11.8. The largest absolute Gasteiger partial charge is 0.493 e. The first-order valence-electron chi connectivity index (χ1n) is 9.87. The second-order valence-corrected chi connectivity index (χ2v) is 6.89. The highest BCUT2D eigenvalue weighted by Crippen LogP contribution is 2.26. The van der Waals surface area contributed by atoms with Gasteiger partial charge in [0.2, 0.25) is 11.8 Å². The summed E-state index contributed by atoms with van der Waals surface area (Å²) in [6.45, 7) is 5.20. The monoisotopic (exact) mass is 374 g/mol. The summed E-state index contributed by atoms with van der Waals surface area (Å²) in [7, 11) is 0. The molecule has 0 aliphatic carbocycles. The van der Waals surface area contributed by atoms with Gasteiger partial charge in [-0.2, -0.15) is 0 Å². The molecule has 4 nitrogen and oxygen atoms in total. The fourth-order valence-electron chi connectivity index (χ4n) is 2.97. The highest BCUT2D eigenvalue weighted by molar-refractivity contribution is 5.59. The van der Waals surface area contributed by atoms with Crippen LogP contribution < -0.4 is 4.74 Å². The lowest BCUT2D eigenvalue weighted by Gasteiger charge is -2.15. The van der Waals surface area contributed by atoms with Gasteiger partial charge in [0.25, 0.3) is 0 Å². The molecular formula is C24H26N2O2. The highest BCUT2D eigenvalue weighted by Gasteiger charge is 2.11. The van der Waals surface area contributed by atoms with Crippen molar-refractivity contribution in [1.29, 1.82) is 0 Å². The fourth-order valence-corrected chi connectivity index (χ4v) is 2.97. The summed E-state index contributed by atoms with van der Waals surface area (Å²) in [5.74, 6) is 5.02. The molecule has 2 aromatic carbocycles. The molecule has 0 amide bonds. The van der Waals surface area contributed by atoms with Crippen molar-refractivity contribution in [2.75, 3.05) is 6.61 Å². The molecule has 0 saturated carbocycles. The van der Waals surface area contributed by atoms with E-state index in [-0.39, 0.29) is 0 Å². The van der Waals surface area contributed by atoms with Crippen LogP contribution in [0.1, 0.15) is 45.1 Å². The molecule has 1 heterocycles. The van der Waals surface area contributed by atoms with Crippen LogP contribution >= 0.6 is 0 Å². The number of rotatable bonds is 9. The zero-order chi connectivity index (χ0) is 19.8. The van der Waals surface area contributed by atoms with Crippen LogP contribution in [0.4, 0.5) is 0 Å². The minimum Gasteiger partial charge on any atom is -0.493 e. The molecule has 3 rings (SSSR count). The number of terminal acetylenes is 1. The number of ether oxygens (including phenoxy) is 1. The van der Waals surface area contributed by atoms with Crippen LogP contribution in [0.15, 0.2) is 52.9 Å². The molecule has 0 radical (unpaired) electrons. The van der Waals surface area contributed by atoms with E-state index in [2.05, 4.69) is 30.0 Å². The van der Waals surface area contributed by atoms with Crippen molar-refractivity contribution >= 4 is 0 Å². The predicted octanol–water partition coefficient (Wildman–Crippen LogP) is 5.98. The van der Waals surface area contributed by atoms with Crippen molar-refractivity contribution in [3.05, 3.63) is 54.1 Å². The van der Waals surface area contributed by atoms with Crippen molar-refractivity contribution in [3.8, 4) is 41.0 Å². The Morgan fingerprint density at radius 3 is 2.11 bits per heavy atom. The number of aromatic nitrogens is 2. The Bertz CT molecular complexity index is 905. The average molecular weight is 374 g/mol. The second kappa shape index (κ2) is 9.75. The lowest BCUT2D eigenvalue weighted by Crippen LogP contribution is -2.11. The van der Waals surface area contributed by atoms with E-state index in [1.807, 2.05) is 48.5 Å². The van der Waals surface area contributed by atoms with E-state index in [0.29, 0.717) is 17.7 Å². The van der Waals surface area contributed by atoms with Crippen LogP contribution in [0.2, 0.25) is 0 Å². The number of hydrogen-bond donors (Lipinski definition) is 0. The van der Waals surface area contributed by atoms with Gasteiger partial charge >= 0.3 is 0 Å². The molecule has 1 atom stereocenters. The van der Waals surface area contributed by atoms with E-state index in [4.69, 9.17) is 15.6 Å². The van der Waals surface area contributed by atoms with Crippen molar-refractivity contribution in [1.82, 2.24) is 10.2 Å². The van der Waals surface area contributed by atoms with E-state index < -0.39 is 0 Å². The zero-order valence-corrected chi connectivity index (χ0v) is 16.5. The number of benzene rings is 2. The van der Waals surface area contributed by atoms with Gasteiger partial charge in [-0.25, -0.2) is 0 Å². The summed E-state index contributed by atoms with van der Waals surface area (Å²) in [6.07, 6.45) is 10.2. The minimum atomic E-state index is 0.473. The van der Waals surface area contributed by atoms with Crippen LogP contribution in [0.5, 0.6) is 5.75 Å². The maximum Gasteiger partial charge on any atom is 0.248 e. The predicted molar refractivity (Wildman–Crippen MR) is 112 cm³/mol. The lowest BCUT2D eigenvalue weighted by atomic mass is 10.0. The minimum absolute atomic E-state index is 0.473. The van der Waals surface area contributed by atoms with Crippen molar-refractivity contribution in [2.45, 2.75) is 39.5 Å². The van der Waals surface area contributed by atoms with E-state index in [1.165, 1.54) is 19.3 Å². The molecule has 3 aromatic rings. The summed E-state index contributed by atoms with van der Waals surface area (Å²) >= 11 is 0. The maximum atomic E-state index is 5.96. The molecule has 144 valence electrons. The smallest absolute Gasteiger partial charge is 0.248 e. The molecule has 0 spiro atoms. The van der Waals surface area contributed by atoms with Crippen molar-refractivity contribution in [2.24, 2.45) is 5.92 Å². The van der Waals surface area contributed by atoms with Crippen molar-refractivity contribution < 1.29 is 9.15 Å². The Morgan fingerprint density at radius 1 is 0.964 bits per heavy atom. The van der Waals surface area contributed by atoms with E-state index in [1.54, 1.807) is 0 Å². The molecular weight excluding hydrogens is 348 g/mol. The van der Waals surface area contributed by atoms with E-state index in [0.717, 1.165) is 35.5 Å². The molecule has 0 aliphatic rings. The Kier molecular flexibility index (Phi) is 6.86. The molecule has 0 saturated heterocycles. The van der Waals surface area contributed by atoms with Crippen LogP contribution in [-0.2, 0) is 0 Å². The van der Waals surface area contributed by atoms with Gasteiger partial charge in [-0.15, -0.1) is 16.6 Å². The number of nitrogens with zero attached hydrogens (tertiary/aromatic N) is 2. The Labute approximate surface area is 167 Å². The zero-order valence-electron chi connectivity index (χ0n) is 16.5. The van der Waals surface area contributed by atoms with E-state index in [9.17, 15) is 0 Å². The van der Waals surface area contributed by atoms with Crippen LogP contribution in [0.3, 0.4) is 0 Å². The Hall–Kier alpha value is -3.06. The molecule has 0 aliphatic heterocycles. The third-order valence-corrected chi connectivity index (χ3v) is 4.85. The van der Waals surface area contributed by atoms with Gasteiger partial charge in [0.05, 0.1) is 6.61 Å². The Balaban J connectivity index is 1.63. The van der Waals surface area contributed by atoms with Gasteiger partial charge < -0.3 is 9.15 Å². The summed E-state index contributed by atoms with van der Waals surface area (Å²) in [4.78, 5) is 0. The highest BCUT2D eigenvalue weighted by atomic mass is 16.5. The third-order valence-electron chi connectivity index (χ3n) is 4.85. The SMILES string of the molecule is C#Cc1ccc(-c2nnc(-c3ccc(OCC(CC)CCCC)cc3)o2)cc1. The molecule has 0 fully saturated rings. The van der Waals surface area contributed by atoms with Gasteiger partial charge in [0.15, 0.2) is 0 Å². The van der Waals surface area contributed by atoms with Crippen LogP contribution in [0.25, 0.3) is 22.9 Å². The first kappa shape index (κ1) is 19.7. The fraction of sp³-hybridized carbons (Fsp3) is 0.333. The average Bonchev–Trinajstić information content (AvgIpc) is 3.24. The standard InChI is InChI=1S/C24H26N2O2/c1-4-7-8-19(6-3)17-27-22-15-13-21(14-16-22)24-26-25-23(28-24)20-11-9-18(5-2)10-12-20/h2,9-16,19H,4,6-8,17H2,1,3H3. The van der Waals surface area contributed by atoms with Crippen LogP contribution in [-0.4, -0.2) is 16.8 Å². The molecule has 0 bridgehead atoms. The summed E-state index contributed by atoms with van der Waals surface area (Å²) in [5, 5.41) is 8.30. The molecule has 4 heteroatoms. The van der Waals surface area contributed by atoms with E-state index >= 15 is 0 Å². The lowest BCUT2D eigenvalue weighted by molar-refractivity contribution is 0.233. The van der Waals surface area contributed by atoms with Gasteiger partial charge in [-0.1, -0.05) is 39.0 Å². The topological polar surface area (TPSA) is 48.2 Å². The third kappa shape index (κ3) is 5.01. The van der Waals surface area contributed by atoms with Gasteiger partial charge in [-0.05, 0) is 60.9 Å². The molecule has 0 N–H and O–H groups in total. The Morgan fingerprint density at radius 2 is 1.57 bits per heavy atom. The molecule has 28 heavy (non-hydrogen) atoms. The summed E-state index contributed by atoms with van der Waals surface area (Å²) in [5.41, 5.74) is 2.53. The maximum absolute atomic E-state index is 5.96. The van der Waals surface area contributed by atoms with Crippen molar-refractivity contribution in [3.63, 3.8) is 0 Å².